The van der Waals surface area contributed by atoms with Gasteiger partial charge >= 0.3 is 0 Å². The van der Waals surface area contributed by atoms with Crippen molar-refractivity contribution in [3.05, 3.63) is 30.1 Å². The number of rotatable bonds is 3. The zero-order chi connectivity index (χ0) is 14.0. The minimum absolute atomic E-state index is 0.106. The van der Waals surface area contributed by atoms with Crippen LogP contribution in [0.4, 0.5) is 4.39 Å². The Morgan fingerprint density at radius 3 is 2.37 bits per heavy atom. The number of halogens is 1. The van der Waals surface area contributed by atoms with Gasteiger partial charge in [0, 0.05) is 19.1 Å². The summed E-state index contributed by atoms with van der Waals surface area (Å²) in [6.45, 7) is 0. The number of nitrogens with two attached hydrogens (primary N) is 1. The second-order valence-electron chi connectivity index (χ2n) is 4.99. The summed E-state index contributed by atoms with van der Waals surface area (Å²) in [6.07, 6.45) is 3.65. The SMILES string of the molecule is CN(C1CCCCC1N)S(=O)(=O)c1ccc(F)cc1. The van der Waals surface area contributed by atoms with E-state index in [-0.39, 0.29) is 17.0 Å². The summed E-state index contributed by atoms with van der Waals surface area (Å²) in [5.74, 6) is -0.448. The van der Waals surface area contributed by atoms with Crippen molar-refractivity contribution >= 4 is 10.0 Å². The van der Waals surface area contributed by atoms with E-state index in [1.165, 1.54) is 16.4 Å². The highest BCUT2D eigenvalue weighted by Gasteiger charge is 2.33. The normalized spacial score (nSPS) is 24.6. The van der Waals surface area contributed by atoms with Gasteiger partial charge in [-0.3, -0.25) is 0 Å². The molecular formula is C13H19FN2O2S. The van der Waals surface area contributed by atoms with E-state index in [9.17, 15) is 12.8 Å². The topological polar surface area (TPSA) is 63.4 Å². The minimum Gasteiger partial charge on any atom is -0.326 e. The average Bonchev–Trinajstić information content (AvgIpc) is 2.39. The van der Waals surface area contributed by atoms with Gasteiger partial charge in [0.2, 0.25) is 10.0 Å². The Hall–Kier alpha value is -0.980. The van der Waals surface area contributed by atoms with Gasteiger partial charge in [0.1, 0.15) is 5.82 Å². The molecule has 6 heteroatoms. The summed E-state index contributed by atoms with van der Waals surface area (Å²) < 4.78 is 39.1. The molecule has 1 fully saturated rings. The first-order chi connectivity index (χ1) is 8.93. The summed E-state index contributed by atoms with van der Waals surface area (Å²) in [7, 11) is -2.05. The lowest BCUT2D eigenvalue weighted by molar-refractivity contribution is 0.252. The number of likely N-dealkylation sites (N-methyl/N-ethyl adjacent to an activating group) is 1. The smallest absolute Gasteiger partial charge is 0.243 e. The van der Waals surface area contributed by atoms with E-state index in [2.05, 4.69) is 0 Å². The highest BCUT2D eigenvalue weighted by molar-refractivity contribution is 7.89. The Bertz CT molecular complexity index is 530. The molecule has 0 spiro atoms. The standard InChI is InChI=1S/C13H19FN2O2S/c1-16(13-5-3-2-4-12(13)15)19(17,18)11-8-6-10(14)7-9-11/h6-9,12-13H,2-5,15H2,1H3. The van der Waals surface area contributed by atoms with Crippen molar-refractivity contribution in [1.82, 2.24) is 4.31 Å². The molecule has 2 atom stereocenters. The van der Waals surface area contributed by atoms with Gasteiger partial charge in [-0.05, 0) is 37.1 Å². The second kappa shape index (κ2) is 5.56. The molecular weight excluding hydrogens is 267 g/mol. The van der Waals surface area contributed by atoms with E-state index in [0.717, 1.165) is 37.8 Å². The maximum atomic E-state index is 12.9. The van der Waals surface area contributed by atoms with E-state index in [0.29, 0.717) is 0 Å². The lowest BCUT2D eigenvalue weighted by Gasteiger charge is -2.35. The quantitative estimate of drug-likeness (QED) is 0.920. The van der Waals surface area contributed by atoms with Crippen LogP contribution in [0.2, 0.25) is 0 Å². The van der Waals surface area contributed by atoms with E-state index in [1.54, 1.807) is 7.05 Å². The van der Waals surface area contributed by atoms with E-state index in [4.69, 9.17) is 5.73 Å². The largest absolute Gasteiger partial charge is 0.326 e. The maximum Gasteiger partial charge on any atom is 0.243 e. The highest BCUT2D eigenvalue weighted by Crippen LogP contribution is 2.25. The first kappa shape index (κ1) is 14.4. The lowest BCUT2D eigenvalue weighted by atomic mass is 9.91. The molecule has 19 heavy (non-hydrogen) atoms. The van der Waals surface area contributed by atoms with Crippen molar-refractivity contribution in [1.29, 1.82) is 0 Å². The van der Waals surface area contributed by atoms with Crippen molar-refractivity contribution in [2.75, 3.05) is 7.05 Å². The fourth-order valence-corrected chi connectivity index (χ4v) is 3.97. The number of nitrogens with zero attached hydrogens (tertiary/aromatic N) is 1. The Balaban J connectivity index is 2.25. The van der Waals surface area contributed by atoms with Gasteiger partial charge in [-0.15, -0.1) is 0 Å². The molecule has 1 aromatic rings. The van der Waals surface area contributed by atoms with Gasteiger partial charge in [-0.1, -0.05) is 12.8 Å². The first-order valence-electron chi connectivity index (χ1n) is 6.42. The highest BCUT2D eigenvalue weighted by atomic mass is 32.2. The first-order valence-corrected chi connectivity index (χ1v) is 7.86. The lowest BCUT2D eigenvalue weighted by Crippen LogP contribution is -2.50. The van der Waals surface area contributed by atoms with Crippen molar-refractivity contribution in [2.24, 2.45) is 5.73 Å². The summed E-state index contributed by atoms with van der Waals surface area (Å²) in [5.41, 5.74) is 6.01. The average molecular weight is 286 g/mol. The van der Waals surface area contributed by atoms with Crippen molar-refractivity contribution in [3.8, 4) is 0 Å². The predicted octanol–water partition coefficient (Wildman–Crippen LogP) is 1.72. The fraction of sp³-hybridized carbons (Fsp3) is 0.538. The second-order valence-corrected chi connectivity index (χ2v) is 6.99. The molecule has 106 valence electrons. The van der Waals surface area contributed by atoms with Crippen LogP contribution in [0.5, 0.6) is 0 Å². The van der Waals surface area contributed by atoms with E-state index >= 15 is 0 Å². The molecule has 2 N–H and O–H groups in total. The molecule has 0 bridgehead atoms. The fourth-order valence-electron chi connectivity index (χ4n) is 2.54. The van der Waals surface area contributed by atoms with Crippen LogP contribution >= 0.6 is 0 Å². The minimum atomic E-state index is -3.60. The summed E-state index contributed by atoms with van der Waals surface area (Å²) in [6, 6.07) is 4.58. The molecule has 0 amide bonds. The molecule has 0 heterocycles. The molecule has 4 nitrogen and oxygen atoms in total. The molecule has 1 saturated carbocycles. The summed E-state index contributed by atoms with van der Waals surface area (Å²) in [5, 5.41) is 0. The zero-order valence-corrected chi connectivity index (χ0v) is 11.7. The predicted molar refractivity (Wildman–Crippen MR) is 71.6 cm³/mol. The van der Waals surface area contributed by atoms with Crippen molar-refractivity contribution in [3.63, 3.8) is 0 Å². The van der Waals surface area contributed by atoms with Crippen LogP contribution in [-0.4, -0.2) is 31.9 Å². The Labute approximate surface area is 113 Å². The van der Waals surface area contributed by atoms with Crippen LogP contribution in [-0.2, 0) is 10.0 Å². The molecule has 0 radical (unpaired) electrons. The van der Waals surface area contributed by atoms with Gasteiger partial charge in [0.25, 0.3) is 0 Å². The van der Waals surface area contributed by atoms with Gasteiger partial charge in [-0.25, -0.2) is 12.8 Å². The van der Waals surface area contributed by atoms with E-state index in [1.807, 2.05) is 0 Å². The number of hydrogen-bond acceptors (Lipinski definition) is 3. The Morgan fingerprint density at radius 2 is 1.79 bits per heavy atom. The van der Waals surface area contributed by atoms with Gasteiger partial charge < -0.3 is 5.73 Å². The van der Waals surface area contributed by atoms with Crippen LogP contribution in [0.15, 0.2) is 29.2 Å². The van der Waals surface area contributed by atoms with Gasteiger partial charge in [0.05, 0.1) is 4.90 Å². The van der Waals surface area contributed by atoms with Crippen LogP contribution < -0.4 is 5.73 Å². The van der Waals surface area contributed by atoms with Crippen LogP contribution in [0.25, 0.3) is 0 Å². The Morgan fingerprint density at radius 1 is 1.21 bits per heavy atom. The van der Waals surface area contributed by atoms with Crippen LogP contribution in [0.3, 0.4) is 0 Å². The molecule has 2 unspecified atom stereocenters. The Kier molecular flexibility index (Phi) is 4.23. The third-order valence-electron chi connectivity index (χ3n) is 3.74. The van der Waals surface area contributed by atoms with Crippen molar-refractivity contribution < 1.29 is 12.8 Å². The molecule has 1 aliphatic carbocycles. The number of hydrogen-bond donors (Lipinski definition) is 1. The third-order valence-corrected chi connectivity index (χ3v) is 5.64. The molecule has 2 rings (SSSR count). The summed E-state index contributed by atoms with van der Waals surface area (Å²) >= 11 is 0. The van der Waals surface area contributed by atoms with E-state index < -0.39 is 15.8 Å². The van der Waals surface area contributed by atoms with Gasteiger partial charge in [-0.2, -0.15) is 4.31 Å². The van der Waals surface area contributed by atoms with Gasteiger partial charge in [0.15, 0.2) is 0 Å². The third kappa shape index (κ3) is 2.96. The number of sulfonamides is 1. The van der Waals surface area contributed by atoms with Crippen LogP contribution in [0, 0.1) is 5.82 Å². The zero-order valence-electron chi connectivity index (χ0n) is 10.9. The van der Waals surface area contributed by atoms with Crippen molar-refractivity contribution in [2.45, 2.75) is 42.7 Å². The molecule has 1 aliphatic rings. The molecule has 0 aromatic heterocycles. The maximum absolute atomic E-state index is 12.9. The number of benzene rings is 1. The summed E-state index contributed by atoms with van der Waals surface area (Å²) in [4.78, 5) is 0.106. The molecule has 1 aromatic carbocycles. The molecule has 0 saturated heterocycles. The van der Waals surface area contributed by atoms with Crippen LogP contribution in [0.1, 0.15) is 25.7 Å². The molecule has 0 aliphatic heterocycles. The monoisotopic (exact) mass is 286 g/mol.